The number of nitrogens with one attached hydrogen (secondary N) is 2. The zero-order valence-corrected chi connectivity index (χ0v) is 15.5. The van der Waals surface area contributed by atoms with Gasteiger partial charge in [0.15, 0.2) is 0 Å². The number of hydrogen-bond acceptors (Lipinski definition) is 2. The molecule has 3 aromatic rings. The van der Waals surface area contributed by atoms with Crippen LogP contribution in [-0.4, -0.2) is 34.8 Å². The second kappa shape index (κ2) is 7.84. The molecule has 4 rings (SSSR count). The van der Waals surface area contributed by atoms with Crippen molar-refractivity contribution in [1.29, 1.82) is 0 Å². The van der Waals surface area contributed by atoms with Gasteiger partial charge in [-0.15, -0.1) is 0 Å². The predicted molar refractivity (Wildman–Crippen MR) is 105 cm³/mol. The van der Waals surface area contributed by atoms with Gasteiger partial charge in [0.1, 0.15) is 5.82 Å². The van der Waals surface area contributed by atoms with Crippen molar-refractivity contribution in [3.05, 3.63) is 71.7 Å². The van der Waals surface area contributed by atoms with Crippen LogP contribution in [0.15, 0.2) is 54.7 Å². The lowest BCUT2D eigenvalue weighted by Crippen LogP contribution is -2.33. The number of hydrogen-bond donors (Lipinski definition) is 2. The van der Waals surface area contributed by atoms with Gasteiger partial charge in [-0.05, 0) is 35.7 Å². The Morgan fingerprint density at radius 3 is 2.86 bits per heavy atom. The maximum Gasteiger partial charge on any atom is 0.225 e. The lowest BCUT2D eigenvalue weighted by molar-refractivity contribution is -0.129. The van der Waals surface area contributed by atoms with Crippen LogP contribution in [0.2, 0.25) is 0 Å². The minimum atomic E-state index is -0.323. The smallest absolute Gasteiger partial charge is 0.225 e. The van der Waals surface area contributed by atoms with E-state index in [0.29, 0.717) is 26.1 Å². The number of benzene rings is 2. The Morgan fingerprint density at radius 1 is 1.21 bits per heavy atom. The van der Waals surface area contributed by atoms with Crippen LogP contribution < -0.4 is 5.32 Å². The summed E-state index contributed by atoms with van der Waals surface area (Å²) < 4.78 is 13.5. The van der Waals surface area contributed by atoms with Gasteiger partial charge in [-0.2, -0.15) is 0 Å². The van der Waals surface area contributed by atoms with Gasteiger partial charge in [0, 0.05) is 43.2 Å². The van der Waals surface area contributed by atoms with Crippen LogP contribution >= 0.6 is 0 Å². The minimum Gasteiger partial charge on any atom is -0.361 e. The molecule has 1 aliphatic heterocycles. The lowest BCUT2D eigenvalue weighted by Gasteiger charge is -2.16. The van der Waals surface area contributed by atoms with Gasteiger partial charge in [-0.25, -0.2) is 4.39 Å². The van der Waals surface area contributed by atoms with Gasteiger partial charge in [-0.1, -0.05) is 30.3 Å². The topological polar surface area (TPSA) is 65.2 Å². The number of carbonyl (C=O) groups excluding carboxylic acids is 2. The van der Waals surface area contributed by atoms with Crippen molar-refractivity contribution in [1.82, 2.24) is 15.2 Å². The number of halogens is 1. The Labute approximate surface area is 162 Å². The Balaban J connectivity index is 1.33. The molecule has 144 valence electrons. The number of amides is 2. The first-order chi connectivity index (χ1) is 13.6. The van der Waals surface area contributed by atoms with Crippen molar-refractivity contribution in [2.75, 3.05) is 13.1 Å². The van der Waals surface area contributed by atoms with Crippen molar-refractivity contribution >= 4 is 22.7 Å². The van der Waals surface area contributed by atoms with E-state index in [2.05, 4.69) is 10.3 Å². The molecule has 1 saturated heterocycles. The van der Waals surface area contributed by atoms with E-state index in [9.17, 15) is 14.0 Å². The van der Waals surface area contributed by atoms with E-state index in [1.54, 1.807) is 11.0 Å². The first-order valence-corrected chi connectivity index (χ1v) is 9.45. The van der Waals surface area contributed by atoms with Crippen LogP contribution in [0.25, 0.3) is 10.9 Å². The number of fused-ring (bicyclic) bond motifs is 1. The zero-order chi connectivity index (χ0) is 19.5. The first kappa shape index (κ1) is 18.2. The summed E-state index contributed by atoms with van der Waals surface area (Å²) in [6.07, 6.45) is 2.71. The summed E-state index contributed by atoms with van der Waals surface area (Å²) in [5.74, 6) is -0.697. The summed E-state index contributed by atoms with van der Waals surface area (Å²) >= 11 is 0. The maximum absolute atomic E-state index is 13.5. The highest BCUT2D eigenvalue weighted by Gasteiger charge is 2.33. The monoisotopic (exact) mass is 379 g/mol. The molecule has 1 fully saturated rings. The van der Waals surface area contributed by atoms with E-state index in [-0.39, 0.29) is 30.0 Å². The van der Waals surface area contributed by atoms with Crippen molar-refractivity contribution in [2.24, 2.45) is 5.92 Å². The highest BCUT2D eigenvalue weighted by molar-refractivity contribution is 5.89. The summed E-state index contributed by atoms with van der Waals surface area (Å²) in [4.78, 5) is 29.6. The van der Waals surface area contributed by atoms with Gasteiger partial charge in [0.05, 0.1) is 5.92 Å². The van der Waals surface area contributed by atoms with E-state index in [4.69, 9.17) is 0 Å². The van der Waals surface area contributed by atoms with Gasteiger partial charge >= 0.3 is 0 Å². The molecule has 5 nitrogen and oxygen atoms in total. The summed E-state index contributed by atoms with van der Waals surface area (Å²) in [6, 6.07) is 14.3. The molecule has 2 N–H and O–H groups in total. The molecule has 0 bridgehead atoms. The van der Waals surface area contributed by atoms with Crippen LogP contribution in [0.4, 0.5) is 4.39 Å². The molecular formula is C22H22FN3O2. The molecule has 28 heavy (non-hydrogen) atoms. The first-order valence-electron chi connectivity index (χ1n) is 9.45. The maximum atomic E-state index is 13.5. The van der Waals surface area contributed by atoms with E-state index in [0.717, 1.165) is 22.0 Å². The number of likely N-dealkylation sites (tertiary alicyclic amines) is 1. The van der Waals surface area contributed by atoms with Crippen LogP contribution in [0.3, 0.4) is 0 Å². The third-order valence-electron chi connectivity index (χ3n) is 5.28. The molecule has 0 saturated carbocycles. The number of rotatable bonds is 6. The second-order valence-corrected chi connectivity index (χ2v) is 7.20. The number of nitrogens with zero attached hydrogens (tertiary/aromatic N) is 1. The fraction of sp³-hybridized carbons (Fsp3) is 0.273. The second-order valence-electron chi connectivity index (χ2n) is 7.20. The van der Waals surface area contributed by atoms with E-state index in [1.807, 2.05) is 36.5 Å². The molecular weight excluding hydrogens is 357 g/mol. The fourth-order valence-corrected chi connectivity index (χ4v) is 3.71. The van der Waals surface area contributed by atoms with E-state index < -0.39 is 0 Å². The summed E-state index contributed by atoms with van der Waals surface area (Å²) in [6.45, 7) is 1.41. The third kappa shape index (κ3) is 3.91. The molecule has 0 spiro atoms. The van der Waals surface area contributed by atoms with Crippen LogP contribution in [-0.2, 0) is 22.6 Å². The normalized spacial score (nSPS) is 16.7. The molecule has 2 amide bonds. The molecule has 0 aliphatic carbocycles. The molecule has 0 radical (unpaired) electrons. The van der Waals surface area contributed by atoms with Crippen LogP contribution in [0.5, 0.6) is 0 Å². The zero-order valence-electron chi connectivity index (χ0n) is 15.5. The van der Waals surface area contributed by atoms with Gasteiger partial charge in [0.2, 0.25) is 11.8 Å². The van der Waals surface area contributed by atoms with Crippen LogP contribution in [0.1, 0.15) is 17.5 Å². The van der Waals surface area contributed by atoms with Gasteiger partial charge < -0.3 is 15.2 Å². The molecule has 0 unspecified atom stereocenters. The van der Waals surface area contributed by atoms with Crippen molar-refractivity contribution in [3.8, 4) is 0 Å². The Hall–Kier alpha value is -3.15. The van der Waals surface area contributed by atoms with Crippen molar-refractivity contribution in [2.45, 2.75) is 19.4 Å². The quantitative estimate of drug-likeness (QED) is 0.691. The van der Waals surface area contributed by atoms with Crippen molar-refractivity contribution in [3.63, 3.8) is 0 Å². The molecule has 2 aromatic carbocycles. The number of aromatic nitrogens is 1. The number of aromatic amines is 1. The number of H-pyrrole nitrogens is 1. The average Bonchev–Trinajstić information content (AvgIpc) is 3.28. The molecule has 1 aliphatic rings. The third-order valence-corrected chi connectivity index (χ3v) is 5.28. The fourth-order valence-electron chi connectivity index (χ4n) is 3.71. The molecule has 1 aromatic heterocycles. The standard InChI is InChI=1S/C22H22FN3O2/c23-18-6-7-20-19(11-18)16(13-24-20)8-9-26-14-17(10-21(26)27)22(28)25-12-15-4-2-1-3-5-15/h1-7,11,13,17,24H,8-10,12,14H2,(H,25,28)/t17-/m0/s1. The SMILES string of the molecule is O=C(NCc1ccccc1)[C@H]1CC(=O)N(CCc2c[nH]c3ccc(F)cc23)C1. The Morgan fingerprint density at radius 2 is 2.04 bits per heavy atom. The van der Waals surface area contributed by atoms with Crippen molar-refractivity contribution < 1.29 is 14.0 Å². The van der Waals surface area contributed by atoms with Crippen LogP contribution in [0, 0.1) is 11.7 Å². The number of carbonyl (C=O) groups is 2. The highest BCUT2D eigenvalue weighted by Crippen LogP contribution is 2.22. The van der Waals surface area contributed by atoms with E-state index in [1.165, 1.54) is 12.1 Å². The van der Waals surface area contributed by atoms with Gasteiger partial charge in [0.25, 0.3) is 0 Å². The average molecular weight is 379 g/mol. The largest absolute Gasteiger partial charge is 0.361 e. The van der Waals surface area contributed by atoms with E-state index >= 15 is 0 Å². The Bertz CT molecular complexity index is 999. The summed E-state index contributed by atoms with van der Waals surface area (Å²) in [7, 11) is 0. The lowest BCUT2D eigenvalue weighted by atomic mass is 10.1. The minimum absolute atomic E-state index is 0.00844. The Kier molecular flexibility index (Phi) is 5.10. The predicted octanol–water partition coefficient (Wildman–Crippen LogP) is 3.01. The molecule has 6 heteroatoms. The summed E-state index contributed by atoms with van der Waals surface area (Å²) in [5.41, 5.74) is 2.88. The highest BCUT2D eigenvalue weighted by atomic mass is 19.1. The summed E-state index contributed by atoms with van der Waals surface area (Å²) in [5, 5.41) is 3.75. The molecule has 1 atom stereocenters. The van der Waals surface area contributed by atoms with Gasteiger partial charge in [-0.3, -0.25) is 9.59 Å². The molecule has 2 heterocycles.